The summed E-state index contributed by atoms with van der Waals surface area (Å²) in [4.78, 5) is 0. The molecule has 0 heterocycles. The average Bonchev–Trinajstić information content (AvgIpc) is 2.55. The zero-order chi connectivity index (χ0) is 15.4. The maximum absolute atomic E-state index is 3.29. The van der Waals surface area contributed by atoms with E-state index >= 15 is 0 Å². The molecule has 0 saturated heterocycles. The second-order valence-corrected chi connectivity index (χ2v) is 5.46. The third-order valence-electron chi connectivity index (χ3n) is 3.61. The van der Waals surface area contributed by atoms with Gasteiger partial charge >= 0.3 is 19.5 Å². The molecule has 0 spiro atoms. The summed E-state index contributed by atoms with van der Waals surface area (Å²) in [6.45, 7) is 4.12. The zero-order valence-electron chi connectivity index (χ0n) is 13.6. The van der Waals surface area contributed by atoms with E-state index in [0.29, 0.717) is 0 Å². The van der Waals surface area contributed by atoms with Gasteiger partial charge in [0.15, 0.2) is 0 Å². The van der Waals surface area contributed by atoms with Gasteiger partial charge in [-0.1, -0.05) is 38.1 Å². The molecule has 4 rings (SSSR count). The minimum Gasteiger partial charge on any atom is -0.143 e. The first-order valence-corrected chi connectivity index (χ1v) is 7.48. The molecule has 0 aliphatic rings. The van der Waals surface area contributed by atoms with Crippen LogP contribution < -0.4 is 0 Å². The van der Waals surface area contributed by atoms with E-state index in [1.807, 2.05) is 24.3 Å². The van der Waals surface area contributed by atoms with Crippen molar-refractivity contribution < 1.29 is 19.5 Å². The normalized spacial score (nSPS) is 9.83. The van der Waals surface area contributed by atoms with Gasteiger partial charge in [0.2, 0.25) is 0 Å². The third kappa shape index (κ3) is 4.50. The molecular weight excluding hydrogens is 330 g/mol. The maximum Gasteiger partial charge on any atom is 2.00 e. The summed E-state index contributed by atoms with van der Waals surface area (Å²) in [5.74, 6) is 0. The Morgan fingerprint density at radius 3 is 1.35 bits per heavy atom. The quantitative estimate of drug-likeness (QED) is 0.274. The van der Waals surface area contributed by atoms with Gasteiger partial charge in [0.1, 0.15) is 0 Å². The van der Waals surface area contributed by atoms with Crippen LogP contribution in [-0.4, -0.2) is 0 Å². The van der Waals surface area contributed by atoms with Crippen LogP contribution in [0.3, 0.4) is 0 Å². The summed E-state index contributed by atoms with van der Waals surface area (Å²) in [6.07, 6.45) is 0. The van der Waals surface area contributed by atoms with E-state index in [1.54, 1.807) is 0 Å². The Hall–Kier alpha value is -1.98. The van der Waals surface area contributed by atoms with Crippen molar-refractivity contribution in [3.05, 3.63) is 96.1 Å². The summed E-state index contributed by atoms with van der Waals surface area (Å²) in [5, 5.41) is 4.93. The van der Waals surface area contributed by atoms with Gasteiger partial charge in [-0.3, -0.25) is 0 Å². The number of aryl methyl sites for hydroxylation is 2. The van der Waals surface area contributed by atoms with Crippen molar-refractivity contribution >= 4 is 21.5 Å². The molecule has 4 aromatic carbocycles. The minimum atomic E-state index is 0. The van der Waals surface area contributed by atoms with Crippen molar-refractivity contribution in [3.63, 3.8) is 0 Å². The smallest absolute Gasteiger partial charge is 0.143 e. The van der Waals surface area contributed by atoms with Crippen LogP contribution in [0.2, 0.25) is 0 Å². The molecule has 0 radical (unpaired) electrons. The van der Waals surface area contributed by atoms with Gasteiger partial charge in [-0.15, -0.1) is 93.3 Å². The van der Waals surface area contributed by atoms with Crippen LogP contribution in [0.1, 0.15) is 11.1 Å². The van der Waals surface area contributed by atoms with Crippen molar-refractivity contribution in [1.82, 2.24) is 0 Å². The second-order valence-electron chi connectivity index (χ2n) is 5.46. The van der Waals surface area contributed by atoms with Gasteiger partial charge in [-0.2, -0.15) is 0 Å². The predicted molar refractivity (Wildman–Crippen MR) is 95.0 cm³/mol. The van der Waals surface area contributed by atoms with E-state index in [0.717, 1.165) is 0 Å². The van der Waals surface area contributed by atoms with Crippen molar-refractivity contribution in [3.8, 4) is 0 Å². The minimum absolute atomic E-state index is 0. The molecule has 0 aliphatic carbocycles. The Bertz CT molecular complexity index is 832. The Labute approximate surface area is 150 Å². The van der Waals surface area contributed by atoms with Crippen molar-refractivity contribution in [2.75, 3.05) is 0 Å². The Morgan fingerprint density at radius 1 is 0.522 bits per heavy atom. The summed E-state index contributed by atoms with van der Waals surface area (Å²) >= 11 is 0. The summed E-state index contributed by atoms with van der Waals surface area (Å²) in [6, 6.07) is 31.6. The van der Waals surface area contributed by atoms with Crippen LogP contribution in [0, 0.1) is 26.0 Å². The Morgan fingerprint density at radius 2 is 0.913 bits per heavy atom. The molecule has 0 saturated carbocycles. The van der Waals surface area contributed by atoms with E-state index in [-0.39, 0.29) is 19.5 Å². The van der Waals surface area contributed by atoms with Crippen molar-refractivity contribution in [2.45, 2.75) is 13.8 Å². The standard InChI is InChI=1S/2C11H9.Zn/c2*1-9-6-7-10-4-2-3-5-11(10)8-9;/h2*2-7H,1H3;/q2*-1;+2. The molecule has 0 N–H and O–H groups in total. The fourth-order valence-corrected chi connectivity index (χ4v) is 2.45. The monoisotopic (exact) mass is 346 g/mol. The molecule has 108 valence electrons. The van der Waals surface area contributed by atoms with E-state index < -0.39 is 0 Å². The third-order valence-corrected chi connectivity index (χ3v) is 3.61. The number of hydrogen-bond acceptors (Lipinski definition) is 0. The van der Waals surface area contributed by atoms with Gasteiger partial charge < -0.3 is 0 Å². The van der Waals surface area contributed by atoms with Gasteiger partial charge in [-0.05, 0) is 0 Å². The van der Waals surface area contributed by atoms with E-state index in [2.05, 4.69) is 74.5 Å². The van der Waals surface area contributed by atoms with Gasteiger partial charge in [0.25, 0.3) is 0 Å². The van der Waals surface area contributed by atoms with Gasteiger partial charge in [-0.25, -0.2) is 0 Å². The predicted octanol–water partition coefficient (Wildman–Crippen LogP) is 5.89. The molecule has 4 aromatic rings. The molecule has 0 nitrogen and oxygen atoms in total. The molecule has 0 fully saturated rings. The van der Waals surface area contributed by atoms with Crippen molar-refractivity contribution in [1.29, 1.82) is 0 Å². The van der Waals surface area contributed by atoms with Crippen LogP contribution in [0.15, 0.2) is 72.8 Å². The van der Waals surface area contributed by atoms with E-state index in [4.69, 9.17) is 0 Å². The Balaban J connectivity index is 0.000000160. The zero-order valence-corrected chi connectivity index (χ0v) is 16.6. The number of rotatable bonds is 0. The van der Waals surface area contributed by atoms with Gasteiger partial charge in [0.05, 0.1) is 0 Å². The molecule has 1 heteroatoms. The first kappa shape index (κ1) is 17.4. The Kier molecular flexibility index (Phi) is 6.07. The molecule has 0 bridgehead atoms. The average molecular weight is 348 g/mol. The first-order chi connectivity index (χ1) is 10.7. The second kappa shape index (κ2) is 8.04. The molecular formula is C22H18Zn. The number of hydrogen-bond donors (Lipinski definition) is 0. The van der Waals surface area contributed by atoms with Crippen LogP contribution in [0.5, 0.6) is 0 Å². The number of fused-ring (bicyclic) bond motifs is 2. The maximum atomic E-state index is 3.29. The van der Waals surface area contributed by atoms with Crippen LogP contribution in [-0.2, 0) is 19.5 Å². The molecule has 0 atom stereocenters. The van der Waals surface area contributed by atoms with Crippen LogP contribution >= 0.6 is 0 Å². The molecule has 0 unspecified atom stereocenters. The van der Waals surface area contributed by atoms with Crippen LogP contribution in [0.25, 0.3) is 21.5 Å². The molecule has 0 aliphatic heterocycles. The molecule has 23 heavy (non-hydrogen) atoms. The van der Waals surface area contributed by atoms with Crippen LogP contribution in [0.4, 0.5) is 0 Å². The fourth-order valence-electron chi connectivity index (χ4n) is 2.45. The first-order valence-electron chi connectivity index (χ1n) is 7.48. The van der Waals surface area contributed by atoms with E-state index in [1.165, 1.54) is 32.7 Å². The summed E-state index contributed by atoms with van der Waals surface area (Å²) < 4.78 is 0. The number of benzene rings is 4. The topological polar surface area (TPSA) is 0 Å². The van der Waals surface area contributed by atoms with E-state index in [9.17, 15) is 0 Å². The van der Waals surface area contributed by atoms with Crippen molar-refractivity contribution in [2.24, 2.45) is 0 Å². The van der Waals surface area contributed by atoms with Gasteiger partial charge in [0, 0.05) is 0 Å². The fraction of sp³-hybridized carbons (Fsp3) is 0.0909. The SMILES string of the molecule is Cc1[c-]c2ccccc2cc1.Cc1[c-]c2ccccc2cc1.[Zn+2]. The summed E-state index contributed by atoms with van der Waals surface area (Å²) in [5.41, 5.74) is 2.40. The summed E-state index contributed by atoms with van der Waals surface area (Å²) in [7, 11) is 0. The largest absolute Gasteiger partial charge is 2.00 e. The molecule has 0 aromatic heterocycles. The molecule has 0 amide bonds.